The number of amides is 1. The highest BCUT2D eigenvalue weighted by molar-refractivity contribution is 8.26. The van der Waals surface area contributed by atoms with Gasteiger partial charge in [0, 0.05) is 17.1 Å². The highest BCUT2D eigenvalue weighted by Gasteiger charge is 2.33. The quantitative estimate of drug-likeness (QED) is 0.439. The van der Waals surface area contributed by atoms with Gasteiger partial charge in [-0.3, -0.25) is 14.5 Å². The van der Waals surface area contributed by atoms with E-state index < -0.39 is 30.4 Å². The number of nitrogens with zero attached hydrogens (tertiary/aromatic N) is 2. The Bertz CT molecular complexity index is 1160. The fraction of sp³-hybridized carbons (Fsp3) is 0.150. The number of aromatic nitrogens is 1. The van der Waals surface area contributed by atoms with Gasteiger partial charge in [0.25, 0.3) is 5.91 Å². The van der Waals surface area contributed by atoms with Crippen LogP contribution < -0.4 is 0 Å². The Hall–Kier alpha value is -3.44. The first kappa shape index (κ1) is 22.2. The van der Waals surface area contributed by atoms with Gasteiger partial charge < -0.3 is 19.9 Å². The number of aliphatic carboxylic acids is 1. The summed E-state index contributed by atoms with van der Waals surface area (Å²) >= 11 is 6.09. The van der Waals surface area contributed by atoms with Crippen molar-refractivity contribution >= 4 is 58.2 Å². The van der Waals surface area contributed by atoms with Crippen LogP contribution in [0.25, 0.3) is 11.8 Å². The van der Waals surface area contributed by atoms with Crippen molar-refractivity contribution in [1.82, 2.24) is 9.47 Å². The Morgan fingerprint density at radius 2 is 1.61 bits per heavy atom. The zero-order valence-corrected chi connectivity index (χ0v) is 17.9. The van der Waals surface area contributed by atoms with Crippen molar-refractivity contribution in [3.63, 3.8) is 0 Å². The number of carbonyl (C=O) groups excluding carboxylic acids is 1. The number of carboxylic acid groups (broad SMARTS) is 3. The molecule has 3 rings (SSSR count). The van der Waals surface area contributed by atoms with Crippen LogP contribution in [-0.4, -0.2) is 59.5 Å². The Kier molecular flexibility index (Phi) is 6.00. The van der Waals surface area contributed by atoms with Gasteiger partial charge in [0.2, 0.25) is 0 Å². The first-order chi connectivity index (χ1) is 14.5. The predicted molar refractivity (Wildman–Crippen MR) is 117 cm³/mol. The summed E-state index contributed by atoms with van der Waals surface area (Å²) < 4.78 is 1.83. The van der Waals surface area contributed by atoms with E-state index in [9.17, 15) is 29.4 Å². The lowest BCUT2D eigenvalue weighted by atomic mass is 10.1. The number of rotatable bonds is 6. The maximum Gasteiger partial charge on any atom is 0.335 e. The van der Waals surface area contributed by atoms with Crippen LogP contribution in [0.15, 0.2) is 29.2 Å². The zero-order valence-electron chi connectivity index (χ0n) is 16.3. The van der Waals surface area contributed by atoms with Crippen LogP contribution in [0.1, 0.15) is 37.7 Å². The average Bonchev–Trinajstić information content (AvgIpc) is 3.10. The molecule has 1 fully saturated rings. The largest absolute Gasteiger partial charge is 0.480 e. The predicted octanol–water partition coefficient (Wildman–Crippen LogP) is 2.78. The van der Waals surface area contributed by atoms with Crippen molar-refractivity contribution in [2.75, 3.05) is 6.54 Å². The second-order valence-electron chi connectivity index (χ2n) is 6.70. The van der Waals surface area contributed by atoms with Crippen molar-refractivity contribution in [2.24, 2.45) is 0 Å². The van der Waals surface area contributed by atoms with Gasteiger partial charge in [0.1, 0.15) is 10.9 Å². The molecule has 31 heavy (non-hydrogen) atoms. The summed E-state index contributed by atoms with van der Waals surface area (Å²) in [5.41, 5.74) is 1.97. The molecular formula is C20H16N2O7S2. The Labute approximate surface area is 185 Å². The number of carboxylic acids is 3. The number of hydrogen-bond donors (Lipinski definition) is 3. The first-order valence-electron chi connectivity index (χ1n) is 8.77. The van der Waals surface area contributed by atoms with E-state index in [1.54, 1.807) is 30.6 Å². The molecule has 3 N–H and O–H groups in total. The van der Waals surface area contributed by atoms with Crippen LogP contribution in [0.2, 0.25) is 0 Å². The van der Waals surface area contributed by atoms with Crippen molar-refractivity contribution in [3.8, 4) is 5.69 Å². The Morgan fingerprint density at radius 3 is 2.13 bits per heavy atom. The van der Waals surface area contributed by atoms with Crippen molar-refractivity contribution < 1.29 is 34.5 Å². The summed E-state index contributed by atoms with van der Waals surface area (Å²) in [5.74, 6) is -4.20. The van der Waals surface area contributed by atoms with E-state index in [-0.39, 0.29) is 20.4 Å². The van der Waals surface area contributed by atoms with Crippen LogP contribution in [0.5, 0.6) is 0 Å². The second kappa shape index (κ2) is 8.36. The highest BCUT2D eigenvalue weighted by atomic mass is 32.2. The molecule has 11 heteroatoms. The SMILES string of the molecule is Cc1cc(/C=C2/SC(=S)N(CC(=O)O)C2=O)c(C)n1-c1cc(C(=O)O)cc(C(=O)O)c1. The summed E-state index contributed by atoms with van der Waals surface area (Å²) in [5, 5.41) is 27.6. The third kappa shape index (κ3) is 4.37. The molecule has 1 amide bonds. The summed E-state index contributed by atoms with van der Waals surface area (Å²) in [6.45, 7) is 2.97. The lowest BCUT2D eigenvalue weighted by Gasteiger charge is -2.12. The Balaban J connectivity index is 2.07. The molecule has 0 aliphatic carbocycles. The first-order valence-corrected chi connectivity index (χ1v) is 10.00. The molecule has 0 radical (unpaired) electrons. The summed E-state index contributed by atoms with van der Waals surface area (Å²) in [6.07, 6.45) is 1.58. The van der Waals surface area contributed by atoms with E-state index in [4.69, 9.17) is 17.3 Å². The number of hydrogen-bond acceptors (Lipinski definition) is 6. The summed E-state index contributed by atoms with van der Waals surface area (Å²) in [7, 11) is 0. The molecule has 0 spiro atoms. The highest BCUT2D eigenvalue weighted by Crippen LogP contribution is 2.34. The minimum absolute atomic E-state index is 0.146. The number of thioether (sulfide) groups is 1. The molecule has 160 valence electrons. The molecule has 0 saturated carbocycles. The molecule has 1 aliphatic heterocycles. The van der Waals surface area contributed by atoms with Gasteiger partial charge >= 0.3 is 17.9 Å². The van der Waals surface area contributed by atoms with E-state index in [1.807, 2.05) is 0 Å². The maximum atomic E-state index is 12.5. The fourth-order valence-electron chi connectivity index (χ4n) is 3.23. The van der Waals surface area contributed by atoms with Gasteiger partial charge in [-0.25, -0.2) is 9.59 Å². The smallest absolute Gasteiger partial charge is 0.335 e. The van der Waals surface area contributed by atoms with Crippen molar-refractivity contribution in [1.29, 1.82) is 0 Å². The number of aromatic carboxylic acids is 2. The van der Waals surface area contributed by atoms with Gasteiger partial charge in [-0.05, 0) is 49.8 Å². The molecule has 1 aromatic carbocycles. The molecule has 1 aromatic heterocycles. The topological polar surface area (TPSA) is 137 Å². The third-order valence-corrected chi connectivity index (χ3v) is 5.97. The molecule has 2 heterocycles. The zero-order chi connectivity index (χ0) is 23.0. The number of aryl methyl sites for hydroxylation is 1. The van der Waals surface area contributed by atoms with Gasteiger partial charge in [-0.2, -0.15) is 0 Å². The van der Waals surface area contributed by atoms with Crippen LogP contribution in [0.4, 0.5) is 0 Å². The standard InChI is InChI=1S/C20H16N2O7S2/c1-9-3-11(7-15-17(25)21(8-16(23)24)20(30)31-15)10(2)22(9)14-5-12(18(26)27)4-13(6-14)19(28)29/h3-7H,8H2,1-2H3,(H,23,24)(H,26,27)(H,28,29)/b15-7+. The van der Waals surface area contributed by atoms with Gasteiger partial charge in [0.05, 0.1) is 16.0 Å². The third-order valence-electron chi connectivity index (χ3n) is 4.59. The molecule has 0 atom stereocenters. The lowest BCUT2D eigenvalue weighted by Crippen LogP contribution is -2.33. The monoisotopic (exact) mass is 460 g/mol. The van der Waals surface area contributed by atoms with Gasteiger partial charge in [0.15, 0.2) is 0 Å². The minimum Gasteiger partial charge on any atom is -0.480 e. The second-order valence-corrected chi connectivity index (χ2v) is 8.38. The molecule has 9 nitrogen and oxygen atoms in total. The summed E-state index contributed by atoms with van der Waals surface area (Å²) in [4.78, 5) is 47.6. The normalized spacial score (nSPS) is 15.0. The van der Waals surface area contributed by atoms with Crippen LogP contribution in [-0.2, 0) is 9.59 Å². The van der Waals surface area contributed by atoms with Crippen molar-refractivity contribution in [2.45, 2.75) is 13.8 Å². The van der Waals surface area contributed by atoms with Crippen LogP contribution in [0.3, 0.4) is 0 Å². The van der Waals surface area contributed by atoms with Crippen LogP contribution in [0, 0.1) is 13.8 Å². The maximum absolute atomic E-state index is 12.5. The molecule has 2 aromatic rings. The van der Waals surface area contributed by atoms with Crippen molar-refractivity contribution in [3.05, 3.63) is 57.2 Å². The molecular weight excluding hydrogens is 444 g/mol. The van der Waals surface area contributed by atoms with Gasteiger partial charge in [-0.15, -0.1) is 0 Å². The molecule has 1 saturated heterocycles. The average molecular weight is 460 g/mol. The molecule has 0 unspecified atom stereocenters. The Morgan fingerprint density at radius 1 is 1.03 bits per heavy atom. The number of carbonyl (C=O) groups is 4. The molecule has 1 aliphatic rings. The van der Waals surface area contributed by atoms with E-state index in [0.717, 1.165) is 22.7 Å². The minimum atomic E-state index is -1.26. The summed E-state index contributed by atoms with van der Waals surface area (Å²) in [6, 6.07) is 5.57. The lowest BCUT2D eigenvalue weighted by molar-refractivity contribution is -0.140. The molecule has 0 bridgehead atoms. The van der Waals surface area contributed by atoms with Gasteiger partial charge in [-0.1, -0.05) is 24.0 Å². The van der Waals surface area contributed by atoms with Crippen LogP contribution >= 0.6 is 24.0 Å². The number of thiocarbonyl (C=S) groups is 1. The van der Waals surface area contributed by atoms with E-state index in [0.29, 0.717) is 22.6 Å². The number of benzene rings is 1. The van der Waals surface area contributed by atoms with E-state index >= 15 is 0 Å². The van der Waals surface area contributed by atoms with E-state index in [2.05, 4.69) is 0 Å². The van der Waals surface area contributed by atoms with E-state index in [1.165, 1.54) is 12.1 Å². The fourth-order valence-corrected chi connectivity index (χ4v) is 4.48.